The number of amides is 2. The lowest BCUT2D eigenvalue weighted by Crippen LogP contribution is -2.41. The van der Waals surface area contributed by atoms with Crippen LogP contribution in [0.25, 0.3) is 0 Å². The Hall–Kier alpha value is -2.67. The van der Waals surface area contributed by atoms with E-state index < -0.39 is 21.7 Å². The summed E-state index contributed by atoms with van der Waals surface area (Å²) in [7, 11) is -3.12. The largest absolute Gasteiger partial charge is 0.269 e. The molecule has 6 nitrogen and oxygen atoms in total. The van der Waals surface area contributed by atoms with E-state index in [4.69, 9.17) is 0 Å². The van der Waals surface area contributed by atoms with Crippen molar-refractivity contribution in [1.29, 1.82) is 0 Å². The van der Waals surface area contributed by atoms with Crippen LogP contribution >= 0.6 is 0 Å². The number of rotatable bonds is 4. The third kappa shape index (κ3) is 5.23. The molecule has 120 valence electrons. The molecular weight excluding hydrogens is 316 g/mol. The molecular formula is C16H16N2O4S. The lowest BCUT2D eigenvalue weighted by molar-refractivity contribution is 0.0846. The predicted octanol–water partition coefficient (Wildman–Crippen LogP) is 1.31. The number of sulfone groups is 1. The molecule has 0 spiro atoms. The first kappa shape index (κ1) is 16.7. The molecule has 0 aliphatic carbocycles. The van der Waals surface area contributed by atoms with Gasteiger partial charge in [-0.15, -0.1) is 0 Å². The van der Waals surface area contributed by atoms with Crippen LogP contribution in [-0.2, 0) is 15.6 Å². The SMILES string of the molecule is CS(=O)(=O)Cc1ccc(C(=O)NNC(=O)c2ccccc2)cc1. The summed E-state index contributed by atoms with van der Waals surface area (Å²) < 4.78 is 22.4. The van der Waals surface area contributed by atoms with Gasteiger partial charge in [0, 0.05) is 17.4 Å². The van der Waals surface area contributed by atoms with E-state index in [-0.39, 0.29) is 5.75 Å². The van der Waals surface area contributed by atoms with Gasteiger partial charge in [-0.25, -0.2) is 8.42 Å². The molecule has 0 saturated carbocycles. The molecule has 2 amide bonds. The van der Waals surface area contributed by atoms with Crippen molar-refractivity contribution >= 4 is 21.7 Å². The van der Waals surface area contributed by atoms with Gasteiger partial charge in [0.05, 0.1) is 5.75 Å². The van der Waals surface area contributed by atoms with Crippen LogP contribution in [0.4, 0.5) is 0 Å². The Morgan fingerprint density at radius 1 is 0.826 bits per heavy atom. The lowest BCUT2D eigenvalue weighted by Gasteiger charge is -2.08. The molecule has 0 aromatic heterocycles. The van der Waals surface area contributed by atoms with Gasteiger partial charge in [0.2, 0.25) is 0 Å². The molecule has 2 aromatic rings. The van der Waals surface area contributed by atoms with E-state index in [1.807, 2.05) is 0 Å². The van der Waals surface area contributed by atoms with Gasteiger partial charge in [-0.2, -0.15) is 0 Å². The van der Waals surface area contributed by atoms with Crippen molar-refractivity contribution in [2.45, 2.75) is 5.75 Å². The zero-order valence-electron chi connectivity index (χ0n) is 12.4. The molecule has 2 N–H and O–H groups in total. The van der Waals surface area contributed by atoms with Crippen molar-refractivity contribution in [3.8, 4) is 0 Å². The summed E-state index contributed by atoms with van der Waals surface area (Å²) in [4.78, 5) is 23.7. The van der Waals surface area contributed by atoms with Crippen LogP contribution in [0.5, 0.6) is 0 Å². The van der Waals surface area contributed by atoms with Crippen molar-refractivity contribution in [2.75, 3.05) is 6.26 Å². The lowest BCUT2D eigenvalue weighted by atomic mass is 10.1. The first-order valence-electron chi connectivity index (χ1n) is 6.77. The zero-order chi connectivity index (χ0) is 16.9. The molecule has 0 radical (unpaired) electrons. The van der Waals surface area contributed by atoms with E-state index in [0.29, 0.717) is 16.7 Å². The smallest absolute Gasteiger partial charge is 0.267 e. The number of nitrogens with one attached hydrogen (secondary N) is 2. The minimum atomic E-state index is -3.12. The van der Waals surface area contributed by atoms with Crippen LogP contribution in [0.15, 0.2) is 54.6 Å². The van der Waals surface area contributed by atoms with E-state index in [9.17, 15) is 18.0 Å². The predicted molar refractivity (Wildman–Crippen MR) is 86.4 cm³/mol. The van der Waals surface area contributed by atoms with Gasteiger partial charge in [0.25, 0.3) is 11.8 Å². The van der Waals surface area contributed by atoms with Gasteiger partial charge in [-0.1, -0.05) is 30.3 Å². The van der Waals surface area contributed by atoms with E-state index in [0.717, 1.165) is 6.26 Å². The summed E-state index contributed by atoms with van der Waals surface area (Å²) in [6.45, 7) is 0. The molecule has 0 aliphatic rings. The highest BCUT2D eigenvalue weighted by molar-refractivity contribution is 7.89. The normalized spacial score (nSPS) is 10.8. The minimum Gasteiger partial charge on any atom is -0.267 e. The fraction of sp³-hybridized carbons (Fsp3) is 0.125. The standard InChI is InChI=1S/C16H16N2O4S/c1-23(21,22)11-12-7-9-14(10-8-12)16(20)18-17-15(19)13-5-3-2-4-6-13/h2-10H,11H2,1H3,(H,17,19)(H,18,20). The summed E-state index contributed by atoms with van der Waals surface area (Å²) in [5.74, 6) is -0.993. The average molecular weight is 332 g/mol. The van der Waals surface area contributed by atoms with Crippen LogP contribution in [0.2, 0.25) is 0 Å². The molecule has 0 aliphatic heterocycles. The van der Waals surface area contributed by atoms with Crippen LogP contribution in [0, 0.1) is 0 Å². The molecule has 2 rings (SSSR count). The number of carbonyl (C=O) groups excluding carboxylic acids is 2. The Kier molecular flexibility index (Phi) is 5.13. The van der Waals surface area contributed by atoms with Crippen molar-refractivity contribution in [3.05, 3.63) is 71.3 Å². The van der Waals surface area contributed by atoms with Crippen LogP contribution in [0.3, 0.4) is 0 Å². The fourth-order valence-electron chi connectivity index (χ4n) is 1.90. The zero-order valence-corrected chi connectivity index (χ0v) is 13.3. The van der Waals surface area contributed by atoms with Gasteiger partial charge in [0.15, 0.2) is 9.84 Å². The molecule has 0 bridgehead atoms. The van der Waals surface area contributed by atoms with Crippen molar-refractivity contribution in [3.63, 3.8) is 0 Å². The minimum absolute atomic E-state index is 0.0837. The molecule has 0 saturated heterocycles. The van der Waals surface area contributed by atoms with Gasteiger partial charge < -0.3 is 0 Å². The highest BCUT2D eigenvalue weighted by atomic mass is 32.2. The highest BCUT2D eigenvalue weighted by Crippen LogP contribution is 2.07. The molecule has 0 unspecified atom stereocenters. The molecule has 23 heavy (non-hydrogen) atoms. The van der Waals surface area contributed by atoms with Crippen molar-refractivity contribution in [1.82, 2.24) is 10.9 Å². The quantitative estimate of drug-likeness (QED) is 0.826. The summed E-state index contributed by atoms with van der Waals surface area (Å²) >= 11 is 0. The molecule has 0 heterocycles. The van der Waals surface area contributed by atoms with Gasteiger partial charge >= 0.3 is 0 Å². The summed E-state index contributed by atoms with van der Waals surface area (Å²) in [5.41, 5.74) is 5.96. The first-order chi connectivity index (χ1) is 10.8. The third-order valence-electron chi connectivity index (χ3n) is 2.97. The molecule has 7 heteroatoms. The number of hydrazine groups is 1. The summed E-state index contributed by atoms with van der Waals surface area (Å²) in [5, 5.41) is 0. The monoisotopic (exact) mass is 332 g/mol. The van der Waals surface area contributed by atoms with Gasteiger partial charge in [-0.3, -0.25) is 20.4 Å². The maximum Gasteiger partial charge on any atom is 0.269 e. The number of hydrogen-bond acceptors (Lipinski definition) is 4. The van der Waals surface area contributed by atoms with E-state index in [1.165, 1.54) is 12.1 Å². The Morgan fingerprint density at radius 2 is 1.30 bits per heavy atom. The topological polar surface area (TPSA) is 92.3 Å². The number of hydrogen-bond donors (Lipinski definition) is 2. The van der Waals surface area contributed by atoms with Crippen molar-refractivity contribution < 1.29 is 18.0 Å². The van der Waals surface area contributed by atoms with Crippen LogP contribution in [0.1, 0.15) is 26.3 Å². The van der Waals surface area contributed by atoms with E-state index >= 15 is 0 Å². The molecule has 0 atom stereocenters. The molecule has 0 fully saturated rings. The second-order valence-electron chi connectivity index (χ2n) is 5.04. The highest BCUT2D eigenvalue weighted by Gasteiger charge is 2.10. The van der Waals surface area contributed by atoms with Crippen LogP contribution in [-0.4, -0.2) is 26.5 Å². The Labute approximate surface area is 134 Å². The van der Waals surface area contributed by atoms with E-state index in [2.05, 4.69) is 10.9 Å². The maximum atomic E-state index is 11.9. The fourth-order valence-corrected chi connectivity index (χ4v) is 2.70. The Balaban J connectivity index is 1.95. The third-order valence-corrected chi connectivity index (χ3v) is 3.83. The Morgan fingerprint density at radius 3 is 1.78 bits per heavy atom. The van der Waals surface area contributed by atoms with Gasteiger partial charge in [-0.05, 0) is 29.8 Å². The van der Waals surface area contributed by atoms with Crippen molar-refractivity contribution in [2.24, 2.45) is 0 Å². The number of benzene rings is 2. The Bertz CT molecular complexity index is 800. The van der Waals surface area contributed by atoms with E-state index in [1.54, 1.807) is 42.5 Å². The summed E-state index contributed by atoms with van der Waals surface area (Å²) in [6.07, 6.45) is 1.15. The second kappa shape index (κ2) is 7.06. The molecule has 2 aromatic carbocycles. The van der Waals surface area contributed by atoms with Crippen LogP contribution < -0.4 is 10.9 Å². The average Bonchev–Trinajstić information content (AvgIpc) is 2.52. The summed E-state index contributed by atoms with van der Waals surface area (Å²) in [6, 6.07) is 14.6. The van der Waals surface area contributed by atoms with Gasteiger partial charge in [0.1, 0.15) is 0 Å². The first-order valence-corrected chi connectivity index (χ1v) is 8.83. The maximum absolute atomic E-state index is 11.9. The number of carbonyl (C=O) groups is 2. The second-order valence-corrected chi connectivity index (χ2v) is 7.18.